The van der Waals surface area contributed by atoms with Crippen molar-refractivity contribution in [1.82, 2.24) is 4.98 Å². The Labute approximate surface area is 102 Å². The lowest BCUT2D eigenvalue weighted by Gasteiger charge is -2.19. The highest BCUT2D eigenvalue weighted by Gasteiger charge is 2.12. The number of aromatic nitrogens is 1. The van der Waals surface area contributed by atoms with E-state index in [4.69, 9.17) is 4.74 Å². The summed E-state index contributed by atoms with van der Waals surface area (Å²) in [6.07, 6.45) is 1.72. The molecule has 1 aromatic carbocycles. The van der Waals surface area contributed by atoms with Crippen LogP contribution in [-0.2, 0) is 5.41 Å². The smallest absolute Gasteiger partial charge is 0.219 e. The molecule has 2 rings (SSSR count). The third-order valence-electron chi connectivity index (χ3n) is 2.58. The third-order valence-corrected chi connectivity index (χ3v) is 2.58. The van der Waals surface area contributed by atoms with Crippen LogP contribution < -0.4 is 4.74 Å². The number of hydrogen-bond donors (Lipinski definition) is 0. The Morgan fingerprint density at radius 1 is 0.941 bits per heavy atom. The van der Waals surface area contributed by atoms with Gasteiger partial charge in [-0.15, -0.1) is 0 Å². The molecule has 0 aliphatic rings. The summed E-state index contributed by atoms with van der Waals surface area (Å²) in [6, 6.07) is 13.8. The van der Waals surface area contributed by atoms with Crippen molar-refractivity contribution in [2.24, 2.45) is 0 Å². The Bertz CT molecular complexity index is 469. The molecule has 1 heterocycles. The molecule has 0 saturated carbocycles. The second-order valence-corrected chi connectivity index (χ2v) is 5.04. The van der Waals surface area contributed by atoms with Gasteiger partial charge in [0.2, 0.25) is 5.88 Å². The summed E-state index contributed by atoms with van der Waals surface area (Å²) in [5.41, 5.74) is 1.47. The summed E-state index contributed by atoms with van der Waals surface area (Å²) in [5, 5.41) is 0. The summed E-state index contributed by atoms with van der Waals surface area (Å²) < 4.78 is 5.63. The number of ether oxygens (including phenoxy) is 1. The van der Waals surface area contributed by atoms with E-state index in [9.17, 15) is 0 Å². The predicted molar refractivity (Wildman–Crippen MR) is 69.5 cm³/mol. The molecule has 0 aliphatic carbocycles. The van der Waals surface area contributed by atoms with E-state index in [0.29, 0.717) is 5.88 Å². The molecule has 2 heteroatoms. The van der Waals surface area contributed by atoms with Gasteiger partial charge >= 0.3 is 0 Å². The zero-order valence-corrected chi connectivity index (χ0v) is 10.5. The molecule has 0 fully saturated rings. The van der Waals surface area contributed by atoms with Gasteiger partial charge in [-0.2, -0.15) is 0 Å². The Morgan fingerprint density at radius 2 is 1.65 bits per heavy atom. The molecule has 0 aliphatic heterocycles. The molecule has 0 amide bonds. The number of pyridine rings is 1. The van der Waals surface area contributed by atoms with Crippen LogP contribution in [0.2, 0.25) is 0 Å². The molecule has 0 unspecified atom stereocenters. The Balaban J connectivity index is 2.14. The summed E-state index contributed by atoms with van der Waals surface area (Å²) >= 11 is 0. The first-order valence-corrected chi connectivity index (χ1v) is 5.75. The molecule has 17 heavy (non-hydrogen) atoms. The fraction of sp³-hybridized carbons (Fsp3) is 0.267. The zero-order chi connectivity index (χ0) is 12.3. The second-order valence-electron chi connectivity index (χ2n) is 5.04. The Kier molecular flexibility index (Phi) is 3.14. The van der Waals surface area contributed by atoms with Gasteiger partial charge in [0, 0.05) is 12.3 Å². The van der Waals surface area contributed by atoms with Gasteiger partial charge in [-0.1, -0.05) is 39.0 Å². The van der Waals surface area contributed by atoms with E-state index >= 15 is 0 Å². The quantitative estimate of drug-likeness (QED) is 0.768. The predicted octanol–water partition coefficient (Wildman–Crippen LogP) is 4.17. The summed E-state index contributed by atoms with van der Waals surface area (Å²) in [4.78, 5) is 4.12. The minimum absolute atomic E-state index is 0.170. The van der Waals surface area contributed by atoms with Gasteiger partial charge in [0.25, 0.3) is 0 Å². The van der Waals surface area contributed by atoms with Crippen LogP contribution in [0.3, 0.4) is 0 Å². The van der Waals surface area contributed by atoms with E-state index in [-0.39, 0.29) is 5.41 Å². The van der Waals surface area contributed by atoms with Crippen molar-refractivity contribution < 1.29 is 4.74 Å². The van der Waals surface area contributed by atoms with Crippen molar-refractivity contribution in [2.45, 2.75) is 26.2 Å². The maximum atomic E-state index is 5.63. The molecule has 0 N–H and O–H groups in total. The number of nitrogens with zero attached hydrogens (tertiary/aromatic N) is 1. The summed E-state index contributed by atoms with van der Waals surface area (Å²) in [6.45, 7) is 6.59. The zero-order valence-electron chi connectivity index (χ0n) is 10.5. The van der Waals surface area contributed by atoms with E-state index < -0.39 is 0 Å². The first-order chi connectivity index (χ1) is 8.05. The first-order valence-electron chi connectivity index (χ1n) is 5.75. The second kappa shape index (κ2) is 4.58. The number of hydrogen-bond acceptors (Lipinski definition) is 2. The Hall–Kier alpha value is -1.83. The average molecular weight is 227 g/mol. The Morgan fingerprint density at radius 3 is 2.18 bits per heavy atom. The molecule has 0 spiro atoms. The SMILES string of the molecule is CC(C)(C)c1ccc(Oc2ccccn2)cc1. The standard InChI is InChI=1S/C15H17NO/c1-15(2,3)12-7-9-13(10-8-12)17-14-6-4-5-11-16-14/h4-11H,1-3H3. The minimum Gasteiger partial charge on any atom is -0.439 e. The fourth-order valence-electron chi connectivity index (χ4n) is 1.55. The molecule has 1 aromatic heterocycles. The van der Waals surface area contributed by atoms with E-state index in [1.165, 1.54) is 5.56 Å². The van der Waals surface area contributed by atoms with Crippen molar-refractivity contribution in [3.05, 3.63) is 54.2 Å². The van der Waals surface area contributed by atoms with Crippen molar-refractivity contribution in [3.63, 3.8) is 0 Å². The highest BCUT2D eigenvalue weighted by atomic mass is 16.5. The molecule has 0 saturated heterocycles. The van der Waals surface area contributed by atoms with E-state index in [2.05, 4.69) is 37.9 Å². The average Bonchev–Trinajstić information content (AvgIpc) is 2.30. The van der Waals surface area contributed by atoms with Crippen LogP contribution in [0.25, 0.3) is 0 Å². The lowest BCUT2D eigenvalue weighted by molar-refractivity contribution is 0.462. The number of rotatable bonds is 2. The number of benzene rings is 1. The van der Waals surface area contributed by atoms with Crippen molar-refractivity contribution in [1.29, 1.82) is 0 Å². The highest BCUT2D eigenvalue weighted by Crippen LogP contribution is 2.25. The summed E-state index contributed by atoms with van der Waals surface area (Å²) in [7, 11) is 0. The van der Waals surface area contributed by atoms with Gasteiger partial charge in [-0.25, -0.2) is 4.98 Å². The van der Waals surface area contributed by atoms with Crippen molar-refractivity contribution in [3.8, 4) is 11.6 Å². The molecule has 2 nitrogen and oxygen atoms in total. The van der Waals surface area contributed by atoms with Crippen LogP contribution in [0.5, 0.6) is 11.6 Å². The van der Waals surface area contributed by atoms with E-state index in [0.717, 1.165) is 5.75 Å². The molecule has 0 atom stereocenters. The van der Waals surface area contributed by atoms with Crippen LogP contribution in [0, 0.1) is 0 Å². The van der Waals surface area contributed by atoms with Crippen LogP contribution in [0.4, 0.5) is 0 Å². The third kappa shape index (κ3) is 3.06. The van der Waals surface area contributed by atoms with Crippen LogP contribution in [0.1, 0.15) is 26.3 Å². The van der Waals surface area contributed by atoms with Gasteiger partial charge in [0.15, 0.2) is 0 Å². The molecule has 0 bridgehead atoms. The van der Waals surface area contributed by atoms with Gasteiger partial charge in [-0.3, -0.25) is 0 Å². The monoisotopic (exact) mass is 227 g/mol. The van der Waals surface area contributed by atoms with Crippen LogP contribution in [0.15, 0.2) is 48.7 Å². The van der Waals surface area contributed by atoms with E-state index in [1.54, 1.807) is 6.20 Å². The van der Waals surface area contributed by atoms with E-state index in [1.807, 2.05) is 30.3 Å². The highest BCUT2D eigenvalue weighted by molar-refractivity contribution is 5.33. The van der Waals surface area contributed by atoms with Crippen molar-refractivity contribution >= 4 is 0 Å². The lowest BCUT2D eigenvalue weighted by atomic mass is 9.87. The topological polar surface area (TPSA) is 22.1 Å². The largest absolute Gasteiger partial charge is 0.439 e. The molecule has 2 aromatic rings. The molecular formula is C15H17NO. The van der Waals surface area contributed by atoms with Gasteiger partial charge in [0.05, 0.1) is 0 Å². The fourth-order valence-corrected chi connectivity index (χ4v) is 1.55. The normalized spacial score (nSPS) is 11.2. The first kappa shape index (κ1) is 11.6. The lowest BCUT2D eigenvalue weighted by Crippen LogP contribution is -2.10. The maximum absolute atomic E-state index is 5.63. The summed E-state index contributed by atoms with van der Waals surface area (Å²) in [5.74, 6) is 1.44. The van der Waals surface area contributed by atoms with Gasteiger partial charge in [-0.05, 0) is 29.2 Å². The molecule has 0 radical (unpaired) electrons. The van der Waals surface area contributed by atoms with Crippen molar-refractivity contribution in [2.75, 3.05) is 0 Å². The maximum Gasteiger partial charge on any atom is 0.219 e. The van der Waals surface area contributed by atoms with Crippen LogP contribution in [-0.4, -0.2) is 4.98 Å². The van der Waals surface area contributed by atoms with Gasteiger partial charge < -0.3 is 4.74 Å². The van der Waals surface area contributed by atoms with Crippen LogP contribution >= 0.6 is 0 Å². The molecule has 88 valence electrons. The minimum atomic E-state index is 0.170. The molecular weight excluding hydrogens is 210 g/mol. The van der Waals surface area contributed by atoms with Gasteiger partial charge in [0.1, 0.15) is 5.75 Å².